The molecule has 0 atom stereocenters. The number of Topliss-reactive ketones (excluding diaryl/α,β-unsaturated/α-hetero) is 1. The Morgan fingerprint density at radius 3 is 2.62 bits per heavy atom. The molecule has 21 heavy (non-hydrogen) atoms. The van der Waals surface area contributed by atoms with Gasteiger partial charge in [-0.3, -0.25) is 14.4 Å². The fourth-order valence-corrected chi connectivity index (χ4v) is 2.24. The summed E-state index contributed by atoms with van der Waals surface area (Å²) in [7, 11) is 0. The molecule has 110 valence electrons. The van der Waals surface area contributed by atoms with Crippen LogP contribution in [0.2, 0.25) is 5.02 Å². The van der Waals surface area contributed by atoms with E-state index in [0.717, 1.165) is 6.07 Å². The maximum absolute atomic E-state index is 13.5. The number of benzene rings is 1. The van der Waals surface area contributed by atoms with E-state index >= 15 is 0 Å². The Morgan fingerprint density at radius 2 is 2.05 bits per heavy atom. The Hall–Kier alpha value is -2.21. The molecule has 0 saturated heterocycles. The number of rotatable bonds is 4. The van der Waals surface area contributed by atoms with Crippen molar-refractivity contribution < 1.29 is 19.1 Å². The zero-order chi connectivity index (χ0) is 15.7. The molecule has 1 aromatic carbocycles. The molecule has 0 saturated carbocycles. The third-order valence-electron chi connectivity index (χ3n) is 3.08. The number of halogens is 2. The van der Waals surface area contributed by atoms with E-state index in [2.05, 4.69) is 0 Å². The topological polar surface area (TPSA) is 76.4 Å². The second-order valence-electron chi connectivity index (χ2n) is 4.44. The summed E-state index contributed by atoms with van der Waals surface area (Å²) in [6, 6.07) is 2.27. The molecule has 2 rings (SSSR count). The second kappa shape index (κ2) is 5.65. The summed E-state index contributed by atoms with van der Waals surface area (Å²) in [4.78, 5) is 34.7. The van der Waals surface area contributed by atoms with Crippen LogP contribution in [-0.2, 0) is 11.3 Å². The molecule has 1 aromatic heterocycles. The molecule has 7 heteroatoms. The second-order valence-corrected chi connectivity index (χ2v) is 4.84. The summed E-state index contributed by atoms with van der Waals surface area (Å²) in [5.41, 5.74) is -0.578. The highest BCUT2D eigenvalue weighted by Crippen LogP contribution is 2.22. The largest absolute Gasteiger partial charge is 0.481 e. The van der Waals surface area contributed by atoms with Crippen LogP contribution in [0.3, 0.4) is 0 Å². The lowest BCUT2D eigenvalue weighted by atomic mass is 10.1. The number of hydrogen-bond acceptors (Lipinski definition) is 3. The van der Waals surface area contributed by atoms with Gasteiger partial charge >= 0.3 is 5.97 Å². The van der Waals surface area contributed by atoms with E-state index in [-0.39, 0.29) is 16.0 Å². The van der Waals surface area contributed by atoms with Crippen LogP contribution in [0, 0.1) is 5.82 Å². The highest BCUT2D eigenvalue weighted by Gasteiger charge is 2.18. The van der Waals surface area contributed by atoms with E-state index in [4.69, 9.17) is 16.7 Å². The van der Waals surface area contributed by atoms with Gasteiger partial charge in [0.2, 0.25) is 0 Å². The van der Waals surface area contributed by atoms with E-state index in [9.17, 15) is 18.8 Å². The summed E-state index contributed by atoms with van der Waals surface area (Å²) in [5, 5.41) is 8.51. The number of nitrogens with zero attached hydrogens (tertiary/aromatic N) is 1. The Kier molecular flexibility index (Phi) is 4.09. The number of carboxylic acids is 1. The molecule has 1 heterocycles. The minimum Gasteiger partial charge on any atom is -0.481 e. The van der Waals surface area contributed by atoms with Gasteiger partial charge in [0.15, 0.2) is 11.2 Å². The summed E-state index contributed by atoms with van der Waals surface area (Å²) < 4.78 is 15.1. The van der Waals surface area contributed by atoms with Gasteiger partial charge in [0.25, 0.3) is 0 Å². The molecule has 0 bridgehead atoms. The van der Waals surface area contributed by atoms with Crippen molar-refractivity contribution in [3.63, 3.8) is 0 Å². The van der Waals surface area contributed by atoms with Gasteiger partial charge in [-0.05, 0) is 19.1 Å². The molecule has 0 unspecified atom stereocenters. The van der Waals surface area contributed by atoms with Gasteiger partial charge in [-0.25, -0.2) is 4.39 Å². The minimum atomic E-state index is -1.33. The first-order chi connectivity index (χ1) is 9.85. The molecule has 1 N–H and O–H groups in total. The van der Waals surface area contributed by atoms with Gasteiger partial charge in [-0.1, -0.05) is 11.6 Å². The van der Waals surface area contributed by atoms with Crippen LogP contribution < -0.4 is 5.43 Å². The van der Waals surface area contributed by atoms with Crippen molar-refractivity contribution in [2.45, 2.75) is 19.9 Å². The Morgan fingerprint density at radius 1 is 1.38 bits per heavy atom. The fraction of sp³-hybridized carbons (Fsp3) is 0.214. The number of carbonyl (C=O) groups is 2. The first-order valence-electron chi connectivity index (χ1n) is 6.12. The SMILES string of the molecule is CCn1cc(C(=O)CC(=O)O)c(=O)c2cc(F)c(Cl)cc21. The molecule has 0 aliphatic rings. The molecular weight excluding hydrogens is 301 g/mol. The summed E-state index contributed by atoms with van der Waals surface area (Å²) >= 11 is 5.71. The smallest absolute Gasteiger partial charge is 0.311 e. The lowest BCUT2D eigenvalue weighted by molar-refractivity contribution is -0.135. The molecule has 0 aliphatic heterocycles. The average molecular weight is 312 g/mol. The van der Waals surface area contributed by atoms with Crippen LogP contribution in [0.15, 0.2) is 23.1 Å². The van der Waals surface area contributed by atoms with E-state index < -0.39 is 29.4 Å². The number of aromatic nitrogens is 1. The highest BCUT2D eigenvalue weighted by atomic mass is 35.5. The summed E-state index contributed by atoms with van der Waals surface area (Å²) in [5.74, 6) is -2.91. The molecule has 0 spiro atoms. The molecule has 5 nitrogen and oxygen atoms in total. The summed E-state index contributed by atoms with van der Waals surface area (Å²) in [6.07, 6.45) is 0.491. The molecule has 2 aromatic rings. The van der Waals surface area contributed by atoms with Crippen LogP contribution in [0.4, 0.5) is 4.39 Å². The molecule has 0 fully saturated rings. The van der Waals surface area contributed by atoms with Gasteiger partial charge < -0.3 is 9.67 Å². The van der Waals surface area contributed by atoms with Crippen LogP contribution >= 0.6 is 11.6 Å². The predicted octanol–water partition coefficient (Wildman–Crippen LogP) is 2.47. The normalized spacial score (nSPS) is 10.8. The van der Waals surface area contributed by atoms with E-state index in [1.54, 1.807) is 11.5 Å². The predicted molar refractivity (Wildman–Crippen MR) is 75.4 cm³/mol. The average Bonchev–Trinajstić information content (AvgIpc) is 2.40. The Balaban J connectivity index is 2.78. The third kappa shape index (κ3) is 2.80. The lowest BCUT2D eigenvalue weighted by Gasteiger charge is -2.11. The zero-order valence-electron chi connectivity index (χ0n) is 11.0. The first kappa shape index (κ1) is 15.2. The molecule has 0 amide bonds. The van der Waals surface area contributed by atoms with Crippen LogP contribution in [0.5, 0.6) is 0 Å². The number of carboxylic acid groups (broad SMARTS) is 1. The van der Waals surface area contributed by atoms with E-state index in [0.29, 0.717) is 12.1 Å². The number of pyridine rings is 1. The number of aryl methyl sites for hydroxylation is 1. The maximum atomic E-state index is 13.5. The van der Waals surface area contributed by atoms with Gasteiger partial charge in [0.05, 0.1) is 16.1 Å². The minimum absolute atomic E-state index is 0.00464. The summed E-state index contributed by atoms with van der Waals surface area (Å²) in [6.45, 7) is 2.18. The first-order valence-corrected chi connectivity index (χ1v) is 6.50. The van der Waals surface area contributed by atoms with Crippen molar-refractivity contribution in [2.24, 2.45) is 0 Å². The standard InChI is InChI=1S/C14H11ClFNO4/c1-2-17-6-8(12(18)5-13(19)20)14(21)7-3-10(16)9(15)4-11(7)17/h3-4,6H,2,5H2,1H3,(H,19,20). The molecule has 0 aliphatic carbocycles. The van der Waals surface area contributed by atoms with Gasteiger partial charge in [-0.2, -0.15) is 0 Å². The van der Waals surface area contributed by atoms with Crippen LogP contribution in [-0.4, -0.2) is 21.4 Å². The van der Waals surface area contributed by atoms with Crippen molar-refractivity contribution in [3.8, 4) is 0 Å². The van der Waals surface area contributed by atoms with Gasteiger partial charge in [-0.15, -0.1) is 0 Å². The van der Waals surface area contributed by atoms with Crippen molar-refractivity contribution >= 4 is 34.3 Å². The van der Waals surface area contributed by atoms with Crippen LogP contribution in [0.1, 0.15) is 23.7 Å². The molecular formula is C14H11ClFNO4. The highest BCUT2D eigenvalue weighted by molar-refractivity contribution is 6.31. The fourth-order valence-electron chi connectivity index (χ4n) is 2.08. The number of carbonyl (C=O) groups excluding carboxylic acids is 1. The Bertz CT molecular complexity index is 813. The van der Waals surface area contributed by atoms with E-state index in [1.807, 2.05) is 0 Å². The number of ketones is 1. The number of fused-ring (bicyclic) bond motifs is 1. The maximum Gasteiger partial charge on any atom is 0.311 e. The third-order valence-corrected chi connectivity index (χ3v) is 3.36. The van der Waals surface area contributed by atoms with Crippen molar-refractivity contribution in [3.05, 3.63) is 45.0 Å². The Labute approximate surface area is 123 Å². The monoisotopic (exact) mass is 311 g/mol. The lowest BCUT2D eigenvalue weighted by Crippen LogP contribution is -2.21. The quantitative estimate of drug-likeness (QED) is 0.695. The van der Waals surface area contributed by atoms with E-state index in [1.165, 1.54) is 12.3 Å². The zero-order valence-corrected chi connectivity index (χ0v) is 11.8. The van der Waals surface area contributed by atoms with Gasteiger partial charge in [0.1, 0.15) is 12.2 Å². The van der Waals surface area contributed by atoms with Crippen molar-refractivity contribution in [1.82, 2.24) is 4.57 Å². The number of aliphatic carboxylic acids is 1. The number of hydrogen-bond donors (Lipinski definition) is 1. The van der Waals surface area contributed by atoms with Gasteiger partial charge in [0, 0.05) is 18.1 Å². The molecule has 0 radical (unpaired) electrons. The van der Waals surface area contributed by atoms with Crippen molar-refractivity contribution in [1.29, 1.82) is 0 Å². The van der Waals surface area contributed by atoms with Crippen molar-refractivity contribution in [2.75, 3.05) is 0 Å². The van der Waals surface area contributed by atoms with Crippen LogP contribution in [0.25, 0.3) is 10.9 Å².